The highest BCUT2D eigenvalue weighted by Crippen LogP contribution is 2.39. The van der Waals surface area contributed by atoms with Gasteiger partial charge in [-0.15, -0.1) is 0 Å². The Hall–Kier alpha value is -1.36. The van der Waals surface area contributed by atoms with Crippen LogP contribution in [0.5, 0.6) is 0 Å². The summed E-state index contributed by atoms with van der Waals surface area (Å²) in [5.74, 6) is -0.416. The predicted molar refractivity (Wildman–Crippen MR) is 77.7 cm³/mol. The largest absolute Gasteiger partial charge is 0.356 e. The molecule has 2 atom stereocenters. The number of amides is 2. The standard InChI is InChI=1S/C14H17BrN2O2/c1-2-6-16-13(18)11-8-12(11)14(19)17-10-5-3-4-9(15)7-10/h3-5,7,11-12H,2,6,8H2,1H3,(H,16,18)(H,17,19). The summed E-state index contributed by atoms with van der Waals surface area (Å²) in [4.78, 5) is 23.7. The number of hydrogen-bond acceptors (Lipinski definition) is 2. The van der Waals surface area contributed by atoms with Crippen molar-refractivity contribution in [3.63, 3.8) is 0 Å². The molecule has 2 unspecified atom stereocenters. The fraction of sp³-hybridized carbons (Fsp3) is 0.429. The van der Waals surface area contributed by atoms with Crippen LogP contribution in [0.1, 0.15) is 19.8 Å². The molecule has 1 aliphatic carbocycles. The lowest BCUT2D eigenvalue weighted by molar-refractivity contribution is -0.125. The van der Waals surface area contributed by atoms with Crippen LogP contribution in [0.4, 0.5) is 5.69 Å². The SMILES string of the molecule is CCCNC(=O)C1CC1C(=O)Nc1cccc(Br)c1. The lowest BCUT2D eigenvalue weighted by Gasteiger charge is -2.05. The number of carbonyl (C=O) groups is 2. The van der Waals surface area contributed by atoms with Gasteiger partial charge in [0, 0.05) is 16.7 Å². The topological polar surface area (TPSA) is 58.2 Å². The maximum Gasteiger partial charge on any atom is 0.228 e. The van der Waals surface area contributed by atoms with Crippen LogP contribution in [-0.4, -0.2) is 18.4 Å². The van der Waals surface area contributed by atoms with Gasteiger partial charge in [-0.2, -0.15) is 0 Å². The van der Waals surface area contributed by atoms with E-state index in [0.29, 0.717) is 13.0 Å². The maximum absolute atomic E-state index is 12.0. The van der Waals surface area contributed by atoms with Crippen molar-refractivity contribution in [2.45, 2.75) is 19.8 Å². The third-order valence-corrected chi connectivity index (χ3v) is 3.60. The second-order valence-electron chi connectivity index (χ2n) is 4.74. The van der Waals surface area contributed by atoms with E-state index in [4.69, 9.17) is 0 Å². The number of rotatable bonds is 5. The zero-order valence-corrected chi connectivity index (χ0v) is 12.4. The Morgan fingerprint density at radius 2 is 2.05 bits per heavy atom. The van der Waals surface area contributed by atoms with Gasteiger partial charge in [0.25, 0.3) is 0 Å². The summed E-state index contributed by atoms with van der Waals surface area (Å²) < 4.78 is 0.915. The van der Waals surface area contributed by atoms with E-state index in [9.17, 15) is 9.59 Å². The minimum Gasteiger partial charge on any atom is -0.356 e. The van der Waals surface area contributed by atoms with E-state index in [1.54, 1.807) is 0 Å². The summed E-state index contributed by atoms with van der Waals surface area (Å²) in [6.45, 7) is 2.68. The van der Waals surface area contributed by atoms with Gasteiger partial charge in [0.1, 0.15) is 0 Å². The highest BCUT2D eigenvalue weighted by atomic mass is 79.9. The third-order valence-electron chi connectivity index (χ3n) is 3.11. The second-order valence-corrected chi connectivity index (χ2v) is 5.65. The first-order chi connectivity index (χ1) is 9.11. The molecule has 19 heavy (non-hydrogen) atoms. The van der Waals surface area contributed by atoms with Gasteiger partial charge in [-0.05, 0) is 31.0 Å². The molecule has 0 saturated heterocycles. The van der Waals surface area contributed by atoms with Crippen LogP contribution in [0.2, 0.25) is 0 Å². The molecule has 2 N–H and O–H groups in total. The normalized spacial score (nSPS) is 20.7. The van der Waals surface area contributed by atoms with Gasteiger partial charge in [0.2, 0.25) is 11.8 Å². The number of anilines is 1. The van der Waals surface area contributed by atoms with E-state index in [2.05, 4.69) is 26.6 Å². The van der Waals surface area contributed by atoms with Gasteiger partial charge in [-0.3, -0.25) is 9.59 Å². The molecule has 0 bridgehead atoms. The van der Waals surface area contributed by atoms with E-state index in [1.165, 1.54) is 0 Å². The minimum absolute atomic E-state index is 0.00348. The maximum atomic E-state index is 12.0. The van der Waals surface area contributed by atoms with E-state index in [1.807, 2.05) is 31.2 Å². The smallest absolute Gasteiger partial charge is 0.228 e. The number of benzene rings is 1. The molecule has 0 spiro atoms. The van der Waals surface area contributed by atoms with Gasteiger partial charge in [0.15, 0.2) is 0 Å². The average molecular weight is 325 g/mol. The van der Waals surface area contributed by atoms with Gasteiger partial charge in [-0.25, -0.2) is 0 Å². The molecule has 2 amide bonds. The zero-order chi connectivity index (χ0) is 13.8. The highest BCUT2D eigenvalue weighted by Gasteiger charge is 2.47. The van der Waals surface area contributed by atoms with E-state index >= 15 is 0 Å². The summed E-state index contributed by atoms with van der Waals surface area (Å²) in [5, 5.41) is 5.66. The van der Waals surface area contributed by atoms with Crippen molar-refractivity contribution < 1.29 is 9.59 Å². The van der Waals surface area contributed by atoms with Crippen molar-refractivity contribution in [1.82, 2.24) is 5.32 Å². The fourth-order valence-electron chi connectivity index (χ4n) is 1.96. The number of halogens is 1. The van der Waals surface area contributed by atoms with Crippen molar-refractivity contribution in [3.05, 3.63) is 28.7 Å². The average Bonchev–Trinajstić information content (AvgIpc) is 3.16. The first-order valence-corrected chi connectivity index (χ1v) is 7.25. The lowest BCUT2D eigenvalue weighted by atomic mass is 10.2. The first kappa shape index (κ1) is 14.1. The van der Waals surface area contributed by atoms with E-state index in [0.717, 1.165) is 16.6 Å². The molecule has 0 aromatic heterocycles. The molecular formula is C14H17BrN2O2. The van der Waals surface area contributed by atoms with Crippen LogP contribution in [0.15, 0.2) is 28.7 Å². The summed E-state index contributed by atoms with van der Waals surface area (Å²) in [6.07, 6.45) is 1.56. The molecule has 1 aromatic carbocycles. The molecule has 1 aromatic rings. The van der Waals surface area contributed by atoms with Crippen LogP contribution < -0.4 is 10.6 Å². The molecule has 1 saturated carbocycles. The van der Waals surface area contributed by atoms with Crippen LogP contribution in [0, 0.1) is 11.8 Å². The Bertz CT molecular complexity index is 490. The molecule has 0 aliphatic heterocycles. The molecular weight excluding hydrogens is 308 g/mol. The summed E-state index contributed by atoms with van der Waals surface area (Å²) >= 11 is 3.35. The van der Waals surface area contributed by atoms with Crippen molar-refractivity contribution in [2.24, 2.45) is 11.8 Å². The van der Waals surface area contributed by atoms with Gasteiger partial charge >= 0.3 is 0 Å². The summed E-state index contributed by atoms with van der Waals surface area (Å²) in [6, 6.07) is 7.43. The van der Waals surface area contributed by atoms with Crippen LogP contribution >= 0.6 is 15.9 Å². The highest BCUT2D eigenvalue weighted by molar-refractivity contribution is 9.10. The Morgan fingerprint density at radius 1 is 1.32 bits per heavy atom. The van der Waals surface area contributed by atoms with Gasteiger partial charge in [-0.1, -0.05) is 28.9 Å². The Balaban J connectivity index is 1.84. The second kappa shape index (κ2) is 6.19. The third kappa shape index (κ3) is 3.80. The summed E-state index contributed by atoms with van der Waals surface area (Å²) in [7, 11) is 0. The quantitative estimate of drug-likeness (QED) is 0.874. The molecule has 1 fully saturated rings. The van der Waals surface area contributed by atoms with Crippen LogP contribution in [-0.2, 0) is 9.59 Å². The Morgan fingerprint density at radius 3 is 2.74 bits per heavy atom. The van der Waals surface area contributed by atoms with Crippen LogP contribution in [0.25, 0.3) is 0 Å². The van der Waals surface area contributed by atoms with Crippen molar-refractivity contribution in [2.75, 3.05) is 11.9 Å². The van der Waals surface area contributed by atoms with Crippen molar-refractivity contribution >= 4 is 33.4 Å². The van der Waals surface area contributed by atoms with Gasteiger partial charge in [0.05, 0.1) is 11.8 Å². The van der Waals surface area contributed by atoms with Gasteiger partial charge < -0.3 is 10.6 Å². The Labute approximate surface area is 121 Å². The number of nitrogens with one attached hydrogen (secondary N) is 2. The van der Waals surface area contributed by atoms with Crippen LogP contribution in [0.3, 0.4) is 0 Å². The Kier molecular flexibility index (Phi) is 4.58. The molecule has 102 valence electrons. The van der Waals surface area contributed by atoms with E-state index in [-0.39, 0.29) is 23.7 Å². The predicted octanol–water partition coefficient (Wildman–Crippen LogP) is 2.55. The molecule has 1 aliphatic rings. The van der Waals surface area contributed by atoms with Crippen molar-refractivity contribution in [3.8, 4) is 0 Å². The van der Waals surface area contributed by atoms with Crippen molar-refractivity contribution in [1.29, 1.82) is 0 Å². The fourth-order valence-corrected chi connectivity index (χ4v) is 2.35. The summed E-state index contributed by atoms with van der Waals surface area (Å²) in [5.41, 5.74) is 0.749. The minimum atomic E-state index is -0.184. The molecule has 4 nitrogen and oxygen atoms in total. The molecule has 5 heteroatoms. The molecule has 0 heterocycles. The first-order valence-electron chi connectivity index (χ1n) is 6.46. The zero-order valence-electron chi connectivity index (χ0n) is 10.8. The van der Waals surface area contributed by atoms with E-state index < -0.39 is 0 Å². The molecule has 2 rings (SSSR count). The lowest BCUT2D eigenvalue weighted by Crippen LogP contribution is -2.27. The monoisotopic (exact) mass is 324 g/mol. The number of carbonyl (C=O) groups excluding carboxylic acids is 2. The molecule has 0 radical (unpaired) electrons. The number of hydrogen-bond donors (Lipinski definition) is 2.